The van der Waals surface area contributed by atoms with Gasteiger partial charge in [-0.2, -0.15) is 0 Å². The molecule has 0 radical (unpaired) electrons. The number of hydrogen-bond acceptors (Lipinski definition) is 2. The van der Waals surface area contributed by atoms with Crippen LogP contribution in [0.1, 0.15) is 16.7 Å². The highest BCUT2D eigenvalue weighted by atomic mass is 31.2. The van der Waals surface area contributed by atoms with Gasteiger partial charge in [0.2, 0.25) is 0 Å². The van der Waals surface area contributed by atoms with E-state index in [1.165, 1.54) is 5.56 Å². The molecule has 0 unspecified atom stereocenters. The molecule has 0 aliphatic rings. The SMILES string of the molecule is Cc1cc(C)c(OP(=O)(c2ccccc2)c2ccccc2)c(C)c1. The van der Waals surface area contributed by atoms with Gasteiger partial charge in [0, 0.05) is 0 Å². The molecule has 0 spiro atoms. The van der Waals surface area contributed by atoms with Crippen LogP contribution in [0.3, 0.4) is 0 Å². The molecule has 0 N–H and O–H groups in total. The normalized spacial score (nSPS) is 11.3. The Kier molecular flexibility index (Phi) is 4.59. The van der Waals surface area contributed by atoms with Crippen molar-refractivity contribution < 1.29 is 9.09 Å². The maximum absolute atomic E-state index is 14.0. The highest BCUT2D eigenvalue weighted by Crippen LogP contribution is 2.47. The van der Waals surface area contributed by atoms with Gasteiger partial charge >= 0.3 is 7.37 Å². The van der Waals surface area contributed by atoms with Gasteiger partial charge in [-0.05, 0) is 56.2 Å². The van der Waals surface area contributed by atoms with Crippen molar-refractivity contribution in [1.82, 2.24) is 0 Å². The minimum Gasteiger partial charge on any atom is -0.436 e. The van der Waals surface area contributed by atoms with Crippen molar-refractivity contribution in [2.24, 2.45) is 0 Å². The van der Waals surface area contributed by atoms with Gasteiger partial charge in [-0.3, -0.25) is 4.57 Å². The Labute approximate surface area is 143 Å². The smallest absolute Gasteiger partial charge is 0.306 e. The first kappa shape index (κ1) is 16.5. The third-order valence-corrected chi connectivity index (χ3v) is 6.41. The van der Waals surface area contributed by atoms with Gasteiger partial charge in [-0.25, -0.2) is 0 Å². The molecule has 3 heteroatoms. The first-order valence-corrected chi connectivity index (χ1v) is 9.62. The predicted molar refractivity (Wildman–Crippen MR) is 101 cm³/mol. The molecule has 0 aromatic heterocycles. The lowest BCUT2D eigenvalue weighted by Gasteiger charge is -2.23. The summed E-state index contributed by atoms with van der Waals surface area (Å²) in [7, 11) is -3.21. The quantitative estimate of drug-likeness (QED) is 0.632. The third-order valence-electron chi connectivity index (χ3n) is 4.02. The molecule has 0 fully saturated rings. The molecule has 0 heterocycles. The predicted octanol–water partition coefficient (Wildman–Crippen LogP) is 4.92. The Morgan fingerprint density at radius 2 is 1.12 bits per heavy atom. The van der Waals surface area contributed by atoms with Crippen LogP contribution in [0.2, 0.25) is 0 Å². The molecule has 0 atom stereocenters. The molecule has 0 amide bonds. The standard InChI is InChI=1S/C21H21O2P/c1-16-14-17(2)21(18(3)15-16)23-24(22,19-10-6-4-7-11-19)20-12-8-5-9-13-20/h4-15H,1-3H3. The molecule has 0 saturated heterocycles. The maximum Gasteiger partial charge on any atom is 0.306 e. The minimum atomic E-state index is -3.21. The van der Waals surface area contributed by atoms with E-state index in [-0.39, 0.29) is 0 Å². The molecular formula is C21H21O2P. The van der Waals surface area contributed by atoms with Gasteiger partial charge in [-0.1, -0.05) is 54.1 Å². The van der Waals surface area contributed by atoms with E-state index in [1.54, 1.807) is 0 Å². The van der Waals surface area contributed by atoms with Gasteiger partial charge in [0.1, 0.15) is 5.75 Å². The van der Waals surface area contributed by atoms with E-state index >= 15 is 0 Å². The average Bonchev–Trinajstić information content (AvgIpc) is 2.59. The van der Waals surface area contributed by atoms with Crippen molar-refractivity contribution in [3.8, 4) is 5.75 Å². The Morgan fingerprint density at radius 1 is 0.708 bits per heavy atom. The summed E-state index contributed by atoms with van der Waals surface area (Å²) in [5.74, 6) is 0.705. The monoisotopic (exact) mass is 336 g/mol. The summed E-state index contributed by atoms with van der Waals surface area (Å²) in [5, 5.41) is 1.41. The number of aryl methyl sites for hydroxylation is 3. The molecule has 3 aromatic rings. The van der Waals surface area contributed by atoms with Crippen molar-refractivity contribution in [3.05, 3.63) is 89.5 Å². The first-order chi connectivity index (χ1) is 11.5. The third kappa shape index (κ3) is 3.16. The van der Waals surface area contributed by atoms with Crippen LogP contribution in [0.15, 0.2) is 72.8 Å². The lowest BCUT2D eigenvalue weighted by Crippen LogP contribution is -2.20. The highest BCUT2D eigenvalue weighted by Gasteiger charge is 2.31. The summed E-state index contributed by atoms with van der Waals surface area (Å²) >= 11 is 0. The molecule has 0 saturated carbocycles. The summed E-state index contributed by atoms with van der Waals surface area (Å²) in [4.78, 5) is 0. The minimum absolute atomic E-state index is 0.704. The zero-order valence-electron chi connectivity index (χ0n) is 14.2. The van der Waals surface area contributed by atoms with Crippen LogP contribution >= 0.6 is 7.37 Å². The van der Waals surface area contributed by atoms with Crippen molar-refractivity contribution in [2.45, 2.75) is 20.8 Å². The molecular weight excluding hydrogens is 315 g/mol. The van der Waals surface area contributed by atoms with E-state index in [0.717, 1.165) is 11.1 Å². The molecule has 0 aliphatic carbocycles. The zero-order valence-corrected chi connectivity index (χ0v) is 15.1. The van der Waals surface area contributed by atoms with Crippen molar-refractivity contribution >= 4 is 18.0 Å². The van der Waals surface area contributed by atoms with E-state index in [4.69, 9.17) is 4.52 Å². The highest BCUT2D eigenvalue weighted by molar-refractivity contribution is 7.74. The Bertz CT molecular complexity index is 820. The van der Waals surface area contributed by atoms with Crippen LogP contribution in [0, 0.1) is 20.8 Å². The van der Waals surface area contributed by atoms with E-state index in [9.17, 15) is 4.57 Å². The molecule has 0 aliphatic heterocycles. The first-order valence-electron chi connectivity index (χ1n) is 7.99. The fourth-order valence-corrected chi connectivity index (χ4v) is 5.13. The van der Waals surface area contributed by atoms with Gasteiger partial charge < -0.3 is 4.52 Å². The van der Waals surface area contributed by atoms with E-state index in [0.29, 0.717) is 16.4 Å². The largest absolute Gasteiger partial charge is 0.436 e. The fourth-order valence-electron chi connectivity index (χ4n) is 2.94. The number of hydrogen-bond donors (Lipinski definition) is 0. The van der Waals surface area contributed by atoms with Crippen molar-refractivity contribution in [1.29, 1.82) is 0 Å². The van der Waals surface area contributed by atoms with E-state index < -0.39 is 7.37 Å². The molecule has 2 nitrogen and oxygen atoms in total. The van der Waals surface area contributed by atoms with Crippen LogP contribution in [-0.4, -0.2) is 0 Å². The van der Waals surface area contributed by atoms with Crippen LogP contribution in [-0.2, 0) is 4.57 Å². The number of rotatable bonds is 4. The molecule has 0 bridgehead atoms. The summed E-state index contributed by atoms with van der Waals surface area (Å²) in [6.45, 7) is 6.04. The molecule has 3 aromatic carbocycles. The van der Waals surface area contributed by atoms with E-state index in [2.05, 4.69) is 19.1 Å². The van der Waals surface area contributed by atoms with Crippen molar-refractivity contribution in [2.75, 3.05) is 0 Å². The average molecular weight is 336 g/mol. The van der Waals surface area contributed by atoms with Crippen molar-refractivity contribution in [3.63, 3.8) is 0 Å². The van der Waals surface area contributed by atoms with Crippen LogP contribution in [0.5, 0.6) is 5.75 Å². The molecule has 122 valence electrons. The summed E-state index contributed by atoms with van der Waals surface area (Å²) in [6.07, 6.45) is 0. The van der Waals surface area contributed by atoms with Gasteiger partial charge in [0.05, 0.1) is 10.6 Å². The maximum atomic E-state index is 14.0. The van der Waals surface area contributed by atoms with Crippen LogP contribution < -0.4 is 15.1 Å². The Balaban J connectivity index is 2.16. The second-order valence-corrected chi connectivity index (χ2v) is 8.36. The van der Waals surface area contributed by atoms with Gasteiger partial charge in [-0.15, -0.1) is 0 Å². The van der Waals surface area contributed by atoms with E-state index in [1.807, 2.05) is 74.5 Å². The van der Waals surface area contributed by atoms with Gasteiger partial charge in [0.25, 0.3) is 0 Å². The number of benzene rings is 3. The zero-order chi connectivity index (χ0) is 17.2. The topological polar surface area (TPSA) is 26.3 Å². The Morgan fingerprint density at radius 3 is 1.54 bits per heavy atom. The van der Waals surface area contributed by atoms with Gasteiger partial charge in [0.15, 0.2) is 0 Å². The summed E-state index contributed by atoms with van der Waals surface area (Å²) in [5.41, 5.74) is 3.17. The lowest BCUT2D eigenvalue weighted by atomic mass is 10.1. The summed E-state index contributed by atoms with van der Waals surface area (Å²) < 4.78 is 20.2. The molecule has 3 rings (SSSR count). The van der Waals surface area contributed by atoms with Crippen LogP contribution in [0.25, 0.3) is 0 Å². The van der Waals surface area contributed by atoms with Crippen LogP contribution in [0.4, 0.5) is 0 Å². The second kappa shape index (κ2) is 6.67. The molecule has 24 heavy (non-hydrogen) atoms. The fraction of sp³-hybridized carbons (Fsp3) is 0.143. The lowest BCUT2D eigenvalue weighted by molar-refractivity contribution is 0.499. The Hall–Kier alpha value is -2.31. The summed E-state index contributed by atoms with van der Waals surface area (Å²) in [6, 6.07) is 23.0. The second-order valence-electron chi connectivity index (χ2n) is 6.04.